The highest BCUT2D eigenvalue weighted by molar-refractivity contribution is 7.13. The molecule has 0 atom stereocenters. The van der Waals surface area contributed by atoms with Gasteiger partial charge in [-0.15, -0.1) is 11.3 Å². The van der Waals surface area contributed by atoms with Gasteiger partial charge >= 0.3 is 0 Å². The number of ether oxygens (including phenoxy) is 3. The first kappa shape index (κ1) is 20.3. The number of carbonyl (C=O) groups excluding carboxylic acids is 1. The van der Waals surface area contributed by atoms with Crippen LogP contribution in [0.2, 0.25) is 0 Å². The van der Waals surface area contributed by atoms with Crippen molar-refractivity contribution in [1.29, 1.82) is 0 Å². The molecule has 1 aromatic heterocycles. The summed E-state index contributed by atoms with van der Waals surface area (Å²) >= 11 is 1.41. The second-order valence-electron chi connectivity index (χ2n) is 5.82. The zero-order valence-electron chi connectivity index (χ0n) is 16.1. The Morgan fingerprint density at radius 2 is 1.72 bits per heavy atom. The summed E-state index contributed by atoms with van der Waals surface area (Å²) in [6, 6.07) is 9.39. The number of nitrogens with zero attached hydrogens (tertiary/aromatic N) is 1. The Morgan fingerprint density at radius 3 is 2.31 bits per heavy atom. The smallest absolute Gasteiger partial charge is 0.248 e. The van der Waals surface area contributed by atoms with E-state index in [0.29, 0.717) is 28.6 Å². The van der Waals surface area contributed by atoms with Gasteiger partial charge in [-0.05, 0) is 30.3 Å². The van der Waals surface area contributed by atoms with Gasteiger partial charge in [0.1, 0.15) is 10.8 Å². The molecule has 0 aliphatic carbocycles. The number of hydrogen-bond donors (Lipinski definition) is 1. The topological polar surface area (TPSA) is 69.7 Å². The average Bonchev–Trinajstić information content (AvgIpc) is 3.21. The van der Waals surface area contributed by atoms with Crippen molar-refractivity contribution in [3.8, 4) is 27.8 Å². The monoisotopic (exact) mass is 414 g/mol. The molecule has 150 valence electrons. The van der Waals surface area contributed by atoms with E-state index in [1.165, 1.54) is 50.9 Å². The van der Waals surface area contributed by atoms with E-state index in [-0.39, 0.29) is 11.7 Å². The normalized spacial score (nSPS) is 10.8. The summed E-state index contributed by atoms with van der Waals surface area (Å²) in [5, 5.41) is 5.32. The van der Waals surface area contributed by atoms with Gasteiger partial charge in [0.2, 0.25) is 11.7 Å². The lowest BCUT2D eigenvalue weighted by Crippen LogP contribution is -2.08. The van der Waals surface area contributed by atoms with Crippen LogP contribution in [0, 0.1) is 5.82 Å². The van der Waals surface area contributed by atoms with E-state index < -0.39 is 0 Å². The summed E-state index contributed by atoms with van der Waals surface area (Å²) in [4.78, 5) is 16.7. The molecule has 0 unspecified atom stereocenters. The number of amides is 1. The number of hydrogen-bond acceptors (Lipinski definition) is 6. The molecule has 0 fully saturated rings. The molecule has 1 amide bonds. The fourth-order valence-corrected chi connectivity index (χ4v) is 3.38. The summed E-state index contributed by atoms with van der Waals surface area (Å²) in [5.74, 6) is 0.688. The number of rotatable bonds is 7. The molecule has 3 rings (SSSR count). The number of aromatic nitrogens is 1. The minimum atomic E-state index is -0.337. The summed E-state index contributed by atoms with van der Waals surface area (Å²) in [7, 11) is 4.52. The van der Waals surface area contributed by atoms with Crippen molar-refractivity contribution >= 4 is 29.0 Å². The number of anilines is 1. The molecule has 0 aliphatic rings. The van der Waals surface area contributed by atoms with E-state index in [0.717, 1.165) is 10.6 Å². The number of halogens is 1. The number of methoxy groups -OCH3 is 3. The fourth-order valence-electron chi connectivity index (χ4n) is 2.59. The van der Waals surface area contributed by atoms with Crippen molar-refractivity contribution < 1.29 is 23.4 Å². The molecular weight excluding hydrogens is 395 g/mol. The summed E-state index contributed by atoms with van der Waals surface area (Å²) in [5.41, 5.74) is 1.95. The van der Waals surface area contributed by atoms with Gasteiger partial charge < -0.3 is 19.5 Å². The van der Waals surface area contributed by atoms with Gasteiger partial charge in [0.15, 0.2) is 11.5 Å². The minimum Gasteiger partial charge on any atom is -0.493 e. The van der Waals surface area contributed by atoms with Crippen LogP contribution in [0.4, 0.5) is 10.1 Å². The molecule has 29 heavy (non-hydrogen) atoms. The second-order valence-corrected chi connectivity index (χ2v) is 6.68. The first-order valence-electron chi connectivity index (χ1n) is 8.54. The predicted molar refractivity (Wildman–Crippen MR) is 111 cm³/mol. The molecule has 0 bridgehead atoms. The quantitative estimate of drug-likeness (QED) is 0.571. The molecule has 0 aliphatic heterocycles. The van der Waals surface area contributed by atoms with Crippen LogP contribution < -0.4 is 19.5 Å². The van der Waals surface area contributed by atoms with Crippen molar-refractivity contribution in [3.63, 3.8) is 0 Å². The Morgan fingerprint density at radius 1 is 1.07 bits per heavy atom. The van der Waals surface area contributed by atoms with Crippen molar-refractivity contribution in [1.82, 2.24) is 4.98 Å². The number of thiazole rings is 1. The Labute approximate surface area is 171 Å². The van der Waals surface area contributed by atoms with E-state index in [9.17, 15) is 9.18 Å². The summed E-state index contributed by atoms with van der Waals surface area (Å²) in [6.07, 6.45) is 2.99. The first-order chi connectivity index (χ1) is 14.0. The van der Waals surface area contributed by atoms with Crippen LogP contribution in [0.3, 0.4) is 0 Å². The highest BCUT2D eigenvalue weighted by atomic mass is 32.1. The maximum atomic E-state index is 13.0. The predicted octanol–water partition coefficient (Wildman–Crippen LogP) is 4.63. The Hall–Kier alpha value is -3.39. The second kappa shape index (κ2) is 9.20. The van der Waals surface area contributed by atoms with E-state index in [4.69, 9.17) is 14.2 Å². The fraction of sp³-hybridized carbons (Fsp3) is 0.143. The van der Waals surface area contributed by atoms with Crippen LogP contribution in [-0.4, -0.2) is 32.2 Å². The van der Waals surface area contributed by atoms with Crippen molar-refractivity contribution in [2.75, 3.05) is 26.6 Å². The van der Waals surface area contributed by atoms with Crippen LogP contribution >= 0.6 is 11.3 Å². The lowest BCUT2D eigenvalue weighted by molar-refractivity contribution is -0.111. The molecule has 3 aromatic rings. The van der Waals surface area contributed by atoms with Gasteiger partial charge in [0.05, 0.1) is 27.0 Å². The zero-order valence-corrected chi connectivity index (χ0v) is 16.9. The lowest BCUT2D eigenvalue weighted by atomic mass is 10.2. The van der Waals surface area contributed by atoms with Crippen molar-refractivity contribution in [3.05, 3.63) is 59.4 Å². The molecule has 6 nitrogen and oxygen atoms in total. The lowest BCUT2D eigenvalue weighted by Gasteiger charge is -2.14. The van der Waals surface area contributed by atoms with Crippen LogP contribution in [0.5, 0.6) is 17.2 Å². The third kappa shape index (κ3) is 4.91. The Kier molecular flexibility index (Phi) is 6.46. The van der Waals surface area contributed by atoms with Gasteiger partial charge in [-0.3, -0.25) is 4.79 Å². The van der Waals surface area contributed by atoms with Gasteiger partial charge in [0, 0.05) is 34.8 Å². The van der Waals surface area contributed by atoms with E-state index in [1.54, 1.807) is 30.3 Å². The van der Waals surface area contributed by atoms with Crippen LogP contribution in [0.15, 0.2) is 47.9 Å². The third-order valence-corrected chi connectivity index (χ3v) is 4.86. The highest BCUT2D eigenvalue weighted by Crippen LogP contribution is 2.39. The van der Waals surface area contributed by atoms with Gasteiger partial charge in [0.25, 0.3) is 0 Å². The SMILES string of the molecule is COc1cc(NC(=O)/C=C/c2csc(-c3ccc(F)cc3)n2)cc(OC)c1OC. The highest BCUT2D eigenvalue weighted by Gasteiger charge is 2.14. The van der Waals surface area contributed by atoms with Crippen molar-refractivity contribution in [2.45, 2.75) is 0 Å². The molecule has 1 heterocycles. The number of nitrogens with one attached hydrogen (secondary N) is 1. The largest absolute Gasteiger partial charge is 0.493 e. The van der Waals surface area contributed by atoms with Crippen LogP contribution in [0.25, 0.3) is 16.6 Å². The van der Waals surface area contributed by atoms with Crippen LogP contribution in [-0.2, 0) is 4.79 Å². The first-order valence-corrected chi connectivity index (χ1v) is 9.42. The molecule has 8 heteroatoms. The average molecular weight is 414 g/mol. The minimum absolute atomic E-state index is 0.297. The molecule has 0 saturated heterocycles. The van der Waals surface area contributed by atoms with Gasteiger partial charge in [-0.2, -0.15) is 0 Å². The van der Waals surface area contributed by atoms with E-state index in [2.05, 4.69) is 10.3 Å². The van der Waals surface area contributed by atoms with Gasteiger partial charge in [-0.25, -0.2) is 9.37 Å². The Balaban J connectivity index is 1.71. The summed E-state index contributed by atoms with van der Waals surface area (Å²) in [6.45, 7) is 0. The third-order valence-electron chi connectivity index (χ3n) is 3.95. The molecule has 0 spiro atoms. The van der Waals surface area contributed by atoms with Gasteiger partial charge in [-0.1, -0.05) is 0 Å². The summed E-state index contributed by atoms with van der Waals surface area (Å²) < 4.78 is 28.9. The van der Waals surface area contributed by atoms with E-state index >= 15 is 0 Å². The van der Waals surface area contributed by atoms with Crippen molar-refractivity contribution in [2.24, 2.45) is 0 Å². The Bertz CT molecular complexity index is 1010. The molecule has 0 saturated carbocycles. The number of carbonyl (C=O) groups is 1. The van der Waals surface area contributed by atoms with E-state index in [1.807, 2.05) is 5.38 Å². The maximum absolute atomic E-state index is 13.0. The maximum Gasteiger partial charge on any atom is 0.248 e. The molecular formula is C21H19FN2O4S. The van der Waals surface area contributed by atoms with Crippen LogP contribution in [0.1, 0.15) is 5.69 Å². The molecule has 1 N–H and O–H groups in total. The number of benzene rings is 2. The molecule has 2 aromatic carbocycles. The standard InChI is InChI=1S/C21H19FN2O4S/c1-26-17-10-16(11-18(27-2)20(17)28-3)23-19(25)9-8-15-12-29-21(24-15)13-4-6-14(22)7-5-13/h4-12H,1-3H3,(H,23,25)/b9-8+. The zero-order chi connectivity index (χ0) is 20.8. The molecule has 0 radical (unpaired) electrons.